The first-order valence-electron chi connectivity index (χ1n) is 4.59. The molecule has 0 atom stereocenters. The number of aryl methyl sites for hydroxylation is 1. The van der Waals surface area contributed by atoms with Gasteiger partial charge in [-0.05, 0) is 32.0 Å². The van der Waals surface area contributed by atoms with Crippen LogP contribution in [0.4, 0.5) is 13.2 Å². The van der Waals surface area contributed by atoms with E-state index in [-0.39, 0.29) is 6.42 Å². The lowest BCUT2D eigenvalue weighted by molar-refractivity contribution is -0.135. The van der Waals surface area contributed by atoms with E-state index in [4.69, 9.17) is 12.2 Å². The van der Waals surface area contributed by atoms with E-state index in [0.717, 1.165) is 0 Å². The van der Waals surface area contributed by atoms with Crippen molar-refractivity contribution in [2.75, 3.05) is 0 Å². The highest BCUT2D eigenvalue weighted by molar-refractivity contribution is 7.71. The number of halogens is 3. The van der Waals surface area contributed by atoms with Crippen molar-refractivity contribution in [3.8, 4) is 0 Å². The molecule has 0 radical (unpaired) electrons. The van der Waals surface area contributed by atoms with E-state index in [2.05, 4.69) is 10.2 Å². The molecule has 1 N–H and O–H groups in total. The summed E-state index contributed by atoms with van der Waals surface area (Å²) in [5.41, 5.74) is 0. The van der Waals surface area contributed by atoms with Crippen molar-refractivity contribution in [2.45, 2.75) is 38.9 Å². The molecule has 1 rings (SSSR count). The van der Waals surface area contributed by atoms with Crippen LogP contribution in [0.5, 0.6) is 0 Å². The highest BCUT2D eigenvalue weighted by atomic mass is 32.1. The molecule has 1 heterocycles. The molecule has 3 nitrogen and oxygen atoms in total. The molecular weight excluding hydrogens is 227 g/mol. The van der Waals surface area contributed by atoms with Gasteiger partial charge in [-0.1, -0.05) is 0 Å². The van der Waals surface area contributed by atoms with Crippen LogP contribution in [0, 0.1) is 11.7 Å². The van der Waals surface area contributed by atoms with Gasteiger partial charge in [0.2, 0.25) is 0 Å². The van der Waals surface area contributed by atoms with Crippen LogP contribution in [-0.4, -0.2) is 20.9 Å². The first-order valence-corrected chi connectivity index (χ1v) is 4.99. The van der Waals surface area contributed by atoms with Crippen LogP contribution in [0.3, 0.4) is 0 Å². The van der Waals surface area contributed by atoms with Crippen LogP contribution in [0.2, 0.25) is 0 Å². The highest BCUT2D eigenvalue weighted by Crippen LogP contribution is 2.22. The van der Waals surface area contributed by atoms with Gasteiger partial charge in [0, 0.05) is 13.0 Å². The molecule has 15 heavy (non-hydrogen) atoms. The summed E-state index contributed by atoms with van der Waals surface area (Å²) in [4.78, 5) is 0. The van der Waals surface area contributed by atoms with Crippen molar-refractivity contribution >= 4 is 12.2 Å². The maximum atomic E-state index is 11.8. The van der Waals surface area contributed by atoms with Crippen molar-refractivity contribution in [3.63, 3.8) is 0 Å². The first kappa shape index (κ1) is 12.2. The van der Waals surface area contributed by atoms with Gasteiger partial charge in [-0.3, -0.25) is 5.10 Å². The Balaban J connectivity index is 2.36. The lowest BCUT2D eigenvalue weighted by atomic mass is 10.2. The summed E-state index contributed by atoms with van der Waals surface area (Å²) in [5.74, 6) is 0.701. The second-order valence-electron chi connectivity index (χ2n) is 3.30. The van der Waals surface area contributed by atoms with Gasteiger partial charge < -0.3 is 4.57 Å². The van der Waals surface area contributed by atoms with Gasteiger partial charge in [0.1, 0.15) is 5.82 Å². The number of hydrogen-bond donors (Lipinski definition) is 1. The lowest BCUT2D eigenvalue weighted by Crippen LogP contribution is -2.08. The molecule has 0 fully saturated rings. The molecule has 86 valence electrons. The number of aromatic nitrogens is 3. The molecule has 0 aliphatic carbocycles. The Morgan fingerprint density at radius 1 is 1.40 bits per heavy atom. The molecule has 0 aliphatic heterocycles. The number of H-pyrrole nitrogens is 1. The van der Waals surface area contributed by atoms with Gasteiger partial charge in [-0.15, -0.1) is 0 Å². The van der Waals surface area contributed by atoms with E-state index in [1.807, 2.05) is 0 Å². The Kier molecular flexibility index (Phi) is 3.90. The Morgan fingerprint density at radius 3 is 2.53 bits per heavy atom. The fraction of sp³-hybridized carbons (Fsp3) is 0.750. The second-order valence-corrected chi connectivity index (χ2v) is 3.69. The van der Waals surface area contributed by atoms with E-state index in [1.165, 1.54) is 0 Å². The normalized spacial score (nSPS) is 12.0. The summed E-state index contributed by atoms with van der Waals surface area (Å²) in [7, 11) is 0. The zero-order valence-corrected chi connectivity index (χ0v) is 9.08. The van der Waals surface area contributed by atoms with E-state index in [1.54, 1.807) is 11.5 Å². The summed E-state index contributed by atoms with van der Waals surface area (Å²) in [6.07, 6.45) is -4.23. The quantitative estimate of drug-likeness (QED) is 0.647. The van der Waals surface area contributed by atoms with Crippen LogP contribution < -0.4 is 0 Å². The third-order valence-corrected chi connectivity index (χ3v) is 2.35. The number of hydrogen-bond acceptors (Lipinski definition) is 2. The minimum Gasteiger partial charge on any atom is -0.304 e. The van der Waals surface area contributed by atoms with Crippen molar-refractivity contribution in [1.82, 2.24) is 14.8 Å². The fourth-order valence-corrected chi connectivity index (χ4v) is 1.52. The molecule has 0 amide bonds. The van der Waals surface area contributed by atoms with Crippen molar-refractivity contribution in [3.05, 3.63) is 10.6 Å². The zero-order valence-electron chi connectivity index (χ0n) is 8.26. The molecule has 0 saturated heterocycles. The Morgan fingerprint density at radius 2 is 2.07 bits per heavy atom. The summed E-state index contributed by atoms with van der Waals surface area (Å²) in [6.45, 7) is 2.24. The topological polar surface area (TPSA) is 33.6 Å². The van der Waals surface area contributed by atoms with Gasteiger partial charge >= 0.3 is 6.18 Å². The fourth-order valence-electron chi connectivity index (χ4n) is 1.26. The summed E-state index contributed by atoms with van der Waals surface area (Å²) in [5, 5.41) is 6.45. The SMILES string of the molecule is Cc1n[nH]c(=S)n1CCCCC(F)(F)F. The van der Waals surface area contributed by atoms with Crippen LogP contribution >= 0.6 is 12.2 Å². The lowest BCUT2D eigenvalue weighted by Gasteiger charge is -2.06. The molecule has 0 spiro atoms. The van der Waals surface area contributed by atoms with Crippen molar-refractivity contribution in [1.29, 1.82) is 0 Å². The molecule has 0 bridgehead atoms. The number of nitrogens with zero attached hydrogens (tertiary/aromatic N) is 2. The maximum Gasteiger partial charge on any atom is 0.389 e. The predicted molar refractivity (Wildman–Crippen MR) is 52.1 cm³/mol. The van der Waals surface area contributed by atoms with Crippen LogP contribution in [0.1, 0.15) is 25.1 Å². The van der Waals surface area contributed by atoms with Crippen LogP contribution in [0.25, 0.3) is 0 Å². The Hall–Kier alpha value is -0.850. The molecule has 1 aromatic heterocycles. The molecule has 0 saturated carbocycles. The minimum absolute atomic E-state index is 0.121. The highest BCUT2D eigenvalue weighted by Gasteiger charge is 2.25. The number of aromatic amines is 1. The largest absolute Gasteiger partial charge is 0.389 e. The van der Waals surface area contributed by atoms with Gasteiger partial charge in [-0.2, -0.15) is 18.3 Å². The smallest absolute Gasteiger partial charge is 0.304 e. The average Bonchev–Trinajstić information content (AvgIpc) is 2.40. The average molecular weight is 239 g/mol. The maximum absolute atomic E-state index is 11.8. The predicted octanol–water partition coefficient (Wildman–Crippen LogP) is 2.98. The number of alkyl halides is 3. The number of unbranched alkanes of at least 4 members (excludes halogenated alkanes) is 1. The summed E-state index contributed by atoms with van der Waals surface area (Å²) in [6, 6.07) is 0. The third-order valence-electron chi connectivity index (χ3n) is 2.04. The molecule has 0 aliphatic rings. The Labute approximate surface area is 90.3 Å². The van der Waals surface area contributed by atoms with E-state index >= 15 is 0 Å². The molecular formula is C8H12F3N3S. The molecule has 1 aromatic rings. The molecule has 0 unspecified atom stereocenters. The summed E-state index contributed by atoms with van der Waals surface area (Å²) < 4.78 is 37.7. The van der Waals surface area contributed by atoms with Gasteiger partial charge in [0.05, 0.1) is 0 Å². The molecule has 7 heteroatoms. The third kappa shape index (κ3) is 4.03. The van der Waals surface area contributed by atoms with Gasteiger partial charge in [0.25, 0.3) is 0 Å². The van der Waals surface area contributed by atoms with Crippen molar-refractivity contribution < 1.29 is 13.2 Å². The van der Waals surface area contributed by atoms with E-state index in [9.17, 15) is 13.2 Å². The first-order chi connectivity index (χ1) is 6.90. The monoisotopic (exact) mass is 239 g/mol. The molecule has 0 aromatic carbocycles. The Bertz CT molecular complexity index is 366. The second kappa shape index (κ2) is 4.78. The van der Waals surface area contributed by atoms with E-state index < -0.39 is 12.6 Å². The van der Waals surface area contributed by atoms with Gasteiger partial charge in [-0.25, -0.2) is 0 Å². The van der Waals surface area contributed by atoms with Crippen LogP contribution in [0.15, 0.2) is 0 Å². The van der Waals surface area contributed by atoms with E-state index in [0.29, 0.717) is 23.6 Å². The summed E-state index contributed by atoms with van der Waals surface area (Å²) >= 11 is 4.92. The standard InChI is InChI=1S/C8H12F3N3S/c1-6-12-13-7(15)14(6)5-3-2-4-8(9,10)11/h2-5H2,1H3,(H,13,15). The van der Waals surface area contributed by atoms with Gasteiger partial charge in [0.15, 0.2) is 4.77 Å². The number of rotatable bonds is 4. The number of nitrogens with one attached hydrogen (secondary N) is 1. The van der Waals surface area contributed by atoms with Crippen LogP contribution in [-0.2, 0) is 6.54 Å². The minimum atomic E-state index is -4.06. The zero-order chi connectivity index (χ0) is 11.5. The van der Waals surface area contributed by atoms with Crippen molar-refractivity contribution in [2.24, 2.45) is 0 Å².